The third-order valence-corrected chi connectivity index (χ3v) is 6.63. The van der Waals surface area contributed by atoms with E-state index in [-0.39, 0.29) is 55.2 Å². The third kappa shape index (κ3) is 5.30. The summed E-state index contributed by atoms with van der Waals surface area (Å²) in [5, 5.41) is 0. The monoisotopic (exact) mass is 481 g/mol. The first-order chi connectivity index (χ1) is 16.9. The van der Waals surface area contributed by atoms with Gasteiger partial charge in [-0.2, -0.15) is 0 Å². The summed E-state index contributed by atoms with van der Waals surface area (Å²) in [6.07, 6.45) is 3.63. The number of amides is 3. The van der Waals surface area contributed by atoms with Gasteiger partial charge in [0, 0.05) is 24.7 Å². The van der Waals surface area contributed by atoms with Crippen molar-refractivity contribution >= 4 is 23.7 Å². The maximum Gasteiger partial charge on any atom is 0.307 e. The lowest BCUT2D eigenvalue weighted by Gasteiger charge is -2.30. The van der Waals surface area contributed by atoms with Crippen molar-refractivity contribution in [3.63, 3.8) is 0 Å². The number of ether oxygens (including phenoxy) is 1. The number of rotatable bonds is 10. The van der Waals surface area contributed by atoms with Gasteiger partial charge in [-0.05, 0) is 63.2 Å². The molecule has 1 saturated heterocycles. The lowest BCUT2D eigenvalue weighted by molar-refractivity contribution is -0.143. The van der Waals surface area contributed by atoms with Crippen molar-refractivity contribution in [3.05, 3.63) is 59.0 Å². The van der Waals surface area contributed by atoms with E-state index in [1.807, 2.05) is 0 Å². The number of hydrogen-bond donors (Lipinski definition) is 0. The fourth-order valence-corrected chi connectivity index (χ4v) is 4.82. The van der Waals surface area contributed by atoms with Gasteiger partial charge in [-0.3, -0.25) is 29.0 Å². The van der Waals surface area contributed by atoms with Crippen LogP contribution in [0.5, 0.6) is 0 Å². The molecule has 4 rings (SSSR count). The van der Waals surface area contributed by atoms with Gasteiger partial charge in [0.15, 0.2) is 0 Å². The summed E-state index contributed by atoms with van der Waals surface area (Å²) in [5.41, 5.74) is 0.785. The van der Waals surface area contributed by atoms with Gasteiger partial charge in [0.25, 0.3) is 17.7 Å². The van der Waals surface area contributed by atoms with Crippen molar-refractivity contribution in [2.24, 2.45) is 0 Å². The van der Waals surface area contributed by atoms with Crippen molar-refractivity contribution in [3.8, 4) is 0 Å². The Labute approximate surface area is 204 Å². The van der Waals surface area contributed by atoms with Crippen LogP contribution in [0.1, 0.15) is 69.9 Å². The fourth-order valence-electron chi connectivity index (χ4n) is 4.82. The van der Waals surface area contributed by atoms with Crippen LogP contribution in [0.3, 0.4) is 0 Å². The van der Waals surface area contributed by atoms with Crippen LogP contribution in [0.25, 0.3) is 0 Å². The molecule has 0 radical (unpaired) electrons. The predicted molar refractivity (Wildman–Crippen MR) is 127 cm³/mol. The Morgan fingerprint density at radius 2 is 1.94 bits per heavy atom. The number of carbonyl (C=O) groups is 4. The standard InChI is InChI=1S/C26H31N3O6/c1-3-27-12-5-7-19(27)16-28(13-11-23(30)34-4-2)24(31)18-9-10-21-22(15-18)26(33)29(25(21)32)17-20-8-6-14-35-20/h6,8-10,14-15,19H,3-5,7,11-13,16-17H2,1-2H3. The number of benzene rings is 1. The second kappa shape index (κ2) is 10.9. The van der Waals surface area contributed by atoms with Gasteiger partial charge < -0.3 is 14.1 Å². The van der Waals surface area contributed by atoms with Crippen LogP contribution < -0.4 is 0 Å². The van der Waals surface area contributed by atoms with Crippen LogP contribution in [-0.2, 0) is 16.1 Å². The molecule has 9 heteroatoms. The smallest absolute Gasteiger partial charge is 0.307 e. The van der Waals surface area contributed by atoms with Crippen molar-refractivity contribution in [1.29, 1.82) is 0 Å². The molecule has 0 saturated carbocycles. The number of carbonyl (C=O) groups excluding carboxylic acids is 4. The molecule has 186 valence electrons. The molecular weight excluding hydrogens is 450 g/mol. The molecule has 3 amide bonds. The minimum atomic E-state index is -0.456. The van der Waals surface area contributed by atoms with Gasteiger partial charge in [0.2, 0.25) is 0 Å². The number of nitrogens with zero attached hydrogens (tertiary/aromatic N) is 3. The van der Waals surface area contributed by atoms with E-state index in [0.717, 1.165) is 30.8 Å². The predicted octanol–water partition coefficient (Wildman–Crippen LogP) is 2.96. The Bertz CT molecular complexity index is 1100. The van der Waals surface area contributed by atoms with Crippen LogP contribution in [0.4, 0.5) is 0 Å². The van der Waals surface area contributed by atoms with Gasteiger partial charge in [-0.25, -0.2) is 0 Å². The van der Waals surface area contributed by atoms with E-state index in [0.29, 0.717) is 17.9 Å². The van der Waals surface area contributed by atoms with Gasteiger partial charge in [-0.15, -0.1) is 0 Å². The Morgan fingerprint density at radius 3 is 2.66 bits per heavy atom. The number of esters is 1. The van der Waals surface area contributed by atoms with Crippen molar-refractivity contribution < 1.29 is 28.3 Å². The molecule has 9 nitrogen and oxygen atoms in total. The molecule has 0 bridgehead atoms. The van der Waals surface area contributed by atoms with E-state index >= 15 is 0 Å². The first-order valence-corrected chi connectivity index (χ1v) is 12.1. The van der Waals surface area contributed by atoms with E-state index < -0.39 is 11.8 Å². The lowest BCUT2D eigenvalue weighted by Crippen LogP contribution is -2.44. The molecule has 35 heavy (non-hydrogen) atoms. The van der Waals surface area contributed by atoms with Crippen molar-refractivity contribution in [2.75, 3.05) is 32.8 Å². The van der Waals surface area contributed by atoms with Gasteiger partial charge in [0.05, 0.1) is 37.0 Å². The SMILES string of the molecule is CCOC(=O)CCN(CC1CCCN1CC)C(=O)c1ccc2c(c1)C(=O)N(Cc1ccco1)C2=O. The average Bonchev–Trinajstić information content (AvgIpc) is 3.59. The second-order valence-electron chi connectivity index (χ2n) is 8.77. The molecule has 1 aromatic heterocycles. The number of fused-ring (bicyclic) bond motifs is 1. The lowest BCUT2D eigenvalue weighted by atomic mass is 10.0. The summed E-state index contributed by atoms with van der Waals surface area (Å²) in [5.74, 6) is -0.999. The largest absolute Gasteiger partial charge is 0.467 e. The van der Waals surface area contributed by atoms with Crippen LogP contribution >= 0.6 is 0 Å². The van der Waals surface area contributed by atoms with E-state index in [2.05, 4.69) is 11.8 Å². The highest BCUT2D eigenvalue weighted by molar-refractivity contribution is 6.22. The molecule has 3 heterocycles. The van der Waals surface area contributed by atoms with Crippen LogP contribution in [-0.4, -0.2) is 77.2 Å². The zero-order valence-corrected chi connectivity index (χ0v) is 20.2. The molecule has 1 unspecified atom stereocenters. The van der Waals surface area contributed by atoms with Gasteiger partial charge in [-0.1, -0.05) is 6.92 Å². The maximum atomic E-state index is 13.6. The third-order valence-electron chi connectivity index (χ3n) is 6.63. The summed E-state index contributed by atoms with van der Waals surface area (Å²) in [4.78, 5) is 56.5. The molecule has 0 spiro atoms. The molecule has 0 aliphatic carbocycles. The number of likely N-dealkylation sites (tertiary alicyclic amines) is 1. The van der Waals surface area contributed by atoms with E-state index in [1.54, 1.807) is 30.0 Å². The Morgan fingerprint density at radius 1 is 1.14 bits per heavy atom. The summed E-state index contributed by atoms with van der Waals surface area (Å²) < 4.78 is 10.3. The van der Waals surface area contributed by atoms with Gasteiger partial charge in [0.1, 0.15) is 5.76 Å². The minimum Gasteiger partial charge on any atom is -0.467 e. The normalized spacial score (nSPS) is 17.7. The number of likely N-dealkylation sites (N-methyl/N-ethyl adjacent to an activating group) is 1. The Balaban J connectivity index is 1.54. The second-order valence-corrected chi connectivity index (χ2v) is 8.77. The molecule has 1 atom stereocenters. The van der Waals surface area contributed by atoms with E-state index in [9.17, 15) is 19.2 Å². The Kier molecular flexibility index (Phi) is 7.65. The summed E-state index contributed by atoms with van der Waals surface area (Å²) in [6.45, 7) is 6.75. The minimum absolute atomic E-state index is 0.0306. The van der Waals surface area contributed by atoms with Gasteiger partial charge >= 0.3 is 5.97 Å². The number of furan rings is 1. The van der Waals surface area contributed by atoms with Crippen LogP contribution in [0.2, 0.25) is 0 Å². The van der Waals surface area contributed by atoms with Crippen LogP contribution in [0.15, 0.2) is 41.0 Å². The molecule has 1 fully saturated rings. The first kappa shape index (κ1) is 24.7. The summed E-state index contributed by atoms with van der Waals surface area (Å²) in [6, 6.07) is 8.20. The zero-order valence-electron chi connectivity index (χ0n) is 20.2. The van der Waals surface area contributed by atoms with E-state index in [4.69, 9.17) is 9.15 Å². The maximum absolute atomic E-state index is 13.6. The summed E-state index contributed by atoms with van der Waals surface area (Å²) in [7, 11) is 0. The Hall–Kier alpha value is -3.46. The zero-order chi connectivity index (χ0) is 24.9. The molecule has 1 aromatic carbocycles. The van der Waals surface area contributed by atoms with Crippen LogP contribution in [0, 0.1) is 0 Å². The first-order valence-electron chi connectivity index (χ1n) is 12.1. The summed E-state index contributed by atoms with van der Waals surface area (Å²) >= 11 is 0. The highest BCUT2D eigenvalue weighted by atomic mass is 16.5. The highest BCUT2D eigenvalue weighted by Crippen LogP contribution is 2.27. The molecule has 2 aliphatic rings. The molecule has 0 N–H and O–H groups in total. The highest BCUT2D eigenvalue weighted by Gasteiger charge is 2.37. The number of hydrogen-bond acceptors (Lipinski definition) is 7. The average molecular weight is 482 g/mol. The number of imide groups is 1. The molecule has 2 aromatic rings. The topological polar surface area (TPSA) is 100 Å². The van der Waals surface area contributed by atoms with E-state index in [1.165, 1.54) is 18.4 Å². The van der Waals surface area contributed by atoms with Crippen molar-refractivity contribution in [1.82, 2.24) is 14.7 Å². The van der Waals surface area contributed by atoms with Crippen molar-refractivity contribution in [2.45, 2.75) is 45.7 Å². The quantitative estimate of drug-likeness (QED) is 0.380. The fraction of sp³-hybridized carbons (Fsp3) is 0.462. The molecule has 2 aliphatic heterocycles. The molecular formula is C26H31N3O6.